The first kappa shape index (κ1) is 19.5. The number of benzene rings is 2. The molecule has 0 aliphatic rings. The summed E-state index contributed by atoms with van der Waals surface area (Å²) in [6.07, 6.45) is 0.0834. The molecule has 0 aliphatic heterocycles. The van der Waals surface area contributed by atoms with E-state index in [0.29, 0.717) is 11.4 Å². The highest BCUT2D eigenvalue weighted by Gasteiger charge is 2.32. The average Bonchev–Trinajstić information content (AvgIpc) is 3.54. The molecule has 2 aromatic carbocycles. The van der Waals surface area contributed by atoms with E-state index in [4.69, 9.17) is 4.52 Å². The van der Waals surface area contributed by atoms with Crippen LogP contribution in [0.3, 0.4) is 0 Å². The Morgan fingerprint density at radius 3 is 2.34 bits per heavy atom. The first-order valence-electron chi connectivity index (χ1n) is 9.32. The Hall–Kier alpha value is -4.41. The SMILES string of the molecule is FC(F)(F)Oc1ccccc1-c1noc(-c2cccn2-c2ccccc2-n2nccn2)n1. The molecule has 5 aromatic rings. The van der Waals surface area contributed by atoms with Gasteiger partial charge in [-0.1, -0.05) is 29.4 Å². The summed E-state index contributed by atoms with van der Waals surface area (Å²) < 4.78 is 49.6. The summed E-state index contributed by atoms with van der Waals surface area (Å²) in [7, 11) is 0. The van der Waals surface area contributed by atoms with Crippen LogP contribution in [0.15, 0.2) is 83.8 Å². The molecule has 0 amide bonds. The highest BCUT2D eigenvalue weighted by atomic mass is 19.4. The molecule has 3 heterocycles. The maximum Gasteiger partial charge on any atom is 0.573 e. The van der Waals surface area contributed by atoms with Crippen LogP contribution in [-0.4, -0.2) is 36.1 Å². The van der Waals surface area contributed by atoms with E-state index in [1.165, 1.54) is 23.0 Å². The van der Waals surface area contributed by atoms with E-state index in [1.807, 2.05) is 24.3 Å². The summed E-state index contributed by atoms with van der Waals surface area (Å²) >= 11 is 0. The summed E-state index contributed by atoms with van der Waals surface area (Å²) in [5.74, 6) is -0.331. The van der Waals surface area contributed by atoms with Gasteiger partial charge in [0.1, 0.15) is 17.1 Å². The van der Waals surface area contributed by atoms with Crippen LogP contribution in [0.25, 0.3) is 34.3 Å². The van der Waals surface area contributed by atoms with Crippen LogP contribution in [0.5, 0.6) is 5.75 Å². The highest BCUT2D eigenvalue weighted by molar-refractivity contribution is 5.66. The van der Waals surface area contributed by atoms with E-state index in [2.05, 4.69) is 25.1 Å². The van der Waals surface area contributed by atoms with Gasteiger partial charge in [0, 0.05) is 6.20 Å². The first-order valence-corrected chi connectivity index (χ1v) is 9.32. The monoisotopic (exact) mass is 438 g/mol. The lowest BCUT2D eigenvalue weighted by Crippen LogP contribution is -2.17. The fraction of sp³-hybridized carbons (Fsp3) is 0.0476. The molecule has 0 unspecified atom stereocenters. The van der Waals surface area contributed by atoms with Crippen LogP contribution in [0.4, 0.5) is 13.2 Å². The van der Waals surface area contributed by atoms with E-state index < -0.39 is 12.1 Å². The second kappa shape index (κ2) is 7.69. The predicted molar refractivity (Wildman–Crippen MR) is 106 cm³/mol. The van der Waals surface area contributed by atoms with Crippen molar-refractivity contribution in [2.24, 2.45) is 0 Å². The van der Waals surface area contributed by atoms with Gasteiger partial charge >= 0.3 is 6.36 Å². The van der Waals surface area contributed by atoms with Gasteiger partial charge in [0.25, 0.3) is 5.89 Å². The molecule has 160 valence electrons. The van der Waals surface area contributed by atoms with Gasteiger partial charge in [0.05, 0.1) is 23.6 Å². The van der Waals surface area contributed by atoms with E-state index in [9.17, 15) is 13.2 Å². The van der Waals surface area contributed by atoms with Crippen molar-refractivity contribution in [3.63, 3.8) is 0 Å². The van der Waals surface area contributed by atoms with Gasteiger partial charge in [-0.05, 0) is 36.4 Å². The molecule has 0 fully saturated rings. The van der Waals surface area contributed by atoms with Gasteiger partial charge in [0.15, 0.2) is 0 Å². The van der Waals surface area contributed by atoms with Crippen molar-refractivity contribution in [3.8, 4) is 40.1 Å². The number of aromatic nitrogens is 6. The smallest absolute Gasteiger partial charge is 0.405 e. The van der Waals surface area contributed by atoms with Gasteiger partial charge in [-0.3, -0.25) is 0 Å². The quantitative estimate of drug-likeness (QED) is 0.396. The Bertz CT molecular complexity index is 1360. The average molecular weight is 438 g/mol. The third-order valence-corrected chi connectivity index (χ3v) is 4.52. The molecule has 0 atom stereocenters. The van der Waals surface area contributed by atoms with Gasteiger partial charge in [-0.15, -0.1) is 18.0 Å². The Morgan fingerprint density at radius 2 is 1.56 bits per heavy atom. The Kier molecular flexibility index (Phi) is 4.70. The lowest BCUT2D eigenvalue weighted by molar-refractivity contribution is -0.274. The van der Waals surface area contributed by atoms with Crippen molar-refractivity contribution in [2.75, 3.05) is 0 Å². The Morgan fingerprint density at radius 1 is 0.844 bits per heavy atom. The van der Waals surface area contributed by atoms with Crippen LogP contribution in [0, 0.1) is 0 Å². The lowest BCUT2D eigenvalue weighted by atomic mass is 10.2. The molecule has 0 bridgehead atoms. The predicted octanol–water partition coefficient (Wildman–Crippen LogP) is 4.67. The minimum atomic E-state index is -4.85. The van der Waals surface area contributed by atoms with E-state index >= 15 is 0 Å². The number of ether oxygens (including phenoxy) is 1. The Balaban J connectivity index is 1.55. The number of hydrogen-bond donors (Lipinski definition) is 0. The zero-order valence-electron chi connectivity index (χ0n) is 16.1. The van der Waals surface area contributed by atoms with E-state index in [1.54, 1.807) is 41.4 Å². The van der Waals surface area contributed by atoms with Crippen LogP contribution in [0.2, 0.25) is 0 Å². The fourth-order valence-corrected chi connectivity index (χ4v) is 3.24. The second-order valence-corrected chi connectivity index (χ2v) is 6.54. The van der Waals surface area contributed by atoms with Gasteiger partial charge in [-0.25, -0.2) is 0 Å². The highest BCUT2D eigenvalue weighted by Crippen LogP contribution is 2.34. The van der Waals surface area contributed by atoms with Gasteiger partial charge in [-0.2, -0.15) is 15.2 Å². The molecule has 0 N–H and O–H groups in total. The maximum absolute atomic E-state index is 12.8. The van der Waals surface area contributed by atoms with Crippen LogP contribution >= 0.6 is 0 Å². The molecule has 0 spiro atoms. The molecule has 11 heteroatoms. The second-order valence-electron chi connectivity index (χ2n) is 6.54. The molecule has 0 radical (unpaired) electrons. The molecule has 8 nitrogen and oxygen atoms in total. The number of halogens is 3. The number of para-hydroxylation sites is 3. The molecule has 0 saturated carbocycles. The summed E-state index contributed by atoms with van der Waals surface area (Å²) in [5, 5.41) is 12.2. The van der Waals surface area contributed by atoms with Crippen molar-refractivity contribution < 1.29 is 22.4 Å². The Labute approximate surface area is 178 Å². The first-order chi connectivity index (χ1) is 15.5. The van der Waals surface area contributed by atoms with Crippen molar-refractivity contribution in [2.45, 2.75) is 6.36 Å². The number of rotatable bonds is 5. The molecule has 0 aliphatic carbocycles. The fourth-order valence-electron chi connectivity index (χ4n) is 3.24. The van der Waals surface area contributed by atoms with Crippen LogP contribution in [-0.2, 0) is 0 Å². The minimum Gasteiger partial charge on any atom is -0.405 e. The van der Waals surface area contributed by atoms with Crippen molar-refractivity contribution in [1.29, 1.82) is 0 Å². The van der Waals surface area contributed by atoms with Gasteiger partial charge in [0.2, 0.25) is 5.82 Å². The van der Waals surface area contributed by atoms with Gasteiger partial charge < -0.3 is 13.8 Å². The third kappa shape index (κ3) is 3.71. The van der Waals surface area contributed by atoms with E-state index in [-0.39, 0.29) is 17.3 Å². The molecule has 32 heavy (non-hydrogen) atoms. The molecule has 0 saturated heterocycles. The summed E-state index contributed by atoms with van der Waals surface area (Å²) in [5.41, 5.74) is 2.04. The van der Waals surface area contributed by atoms with Crippen molar-refractivity contribution in [1.82, 2.24) is 29.7 Å². The summed E-state index contributed by atoms with van der Waals surface area (Å²) in [6.45, 7) is 0. The van der Waals surface area contributed by atoms with Crippen molar-refractivity contribution in [3.05, 3.63) is 79.3 Å². The van der Waals surface area contributed by atoms with Crippen LogP contribution < -0.4 is 4.74 Å². The standard InChI is InChI=1S/C21H13F3N6O2/c22-21(23,24)31-18-10-4-1-6-14(18)19-27-20(32-28-19)17-9-5-13-29(17)15-7-2-3-8-16(15)30-25-11-12-26-30/h1-13H. The number of alkyl halides is 3. The zero-order chi connectivity index (χ0) is 22.1. The topological polar surface area (TPSA) is 83.8 Å². The lowest BCUT2D eigenvalue weighted by Gasteiger charge is -2.11. The molecular weight excluding hydrogens is 425 g/mol. The van der Waals surface area contributed by atoms with Crippen LogP contribution in [0.1, 0.15) is 0 Å². The third-order valence-electron chi connectivity index (χ3n) is 4.52. The zero-order valence-corrected chi connectivity index (χ0v) is 16.1. The molecule has 5 rings (SSSR count). The number of hydrogen-bond acceptors (Lipinski definition) is 6. The summed E-state index contributed by atoms with van der Waals surface area (Å²) in [6, 6.07) is 16.6. The molecular formula is C21H13F3N6O2. The number of nitrogens with zero attached hydrogens (tertiary/aromatic N) is 6. The summed E-state index contributed by atoms with van der Waals surface area (Å²) in [4.78, 5) is 5.78. The molecule has 3 aromatic heterocycles. The maximum atomic E-state index is 12.8. The minimum absolute atomic E-state index is 0.0328. The largest absolute Gasteiger partial charge is 0.573 e. The van der Waals surface area contributed by atoms with Crippen molar-refractivity contribution >= 4 is 0 Å². The normalized spacial score (nSPS) is 11.6. The van der Waals surface area contributed by atoms with E-state index in [0.717, 1.165) is 5.69 Å².